The summed E-state index contributed by atoms with van der Waals surface area (Å²) in [6.45, 7) is 4.55. The molecule has 1 nitrogen and oxygen atoms in total. The van der Waals surface area contributed by atoms with E-state index in [0.29, 0.717) is 12.1 Å². The molecule has 0 saturated carbocycles. The maximum atomic E-state index is 3.65. The highest BCUT2D eigenvalue weighted by Gasteiger charge is 2.31. The van der Waals surface area contributed by atoms with Crippen LogP contribution in [0.2, 0.25) is 0 Å². The fourth-order valence-corrected chi connectivity index (χ4v) is 3.94. The molecule has 1 aromatic heterocycles. The van der Waals surface area contributed by atoms with Gasteiger partial charge in [0.15, 0.2) is 0 Å². The van der Waals surface area contributed by atoms with Gasteiger partial charge in [-0.25, -0.2) is 0 Å². The van der Waals surface area contributed by atoms with Crippen molar-refractivity contribution in [2.24, 2.45) is 0 Å². The van der Waals surface area contributed by atoms with E-state index in [0.717, 1.165) is 5.92 Å². The molecule has 3 unspecified atom stereocenters. The Morgan fingerprint density at radius 1 is 1.57 bits per heavy atom. The summed E-state index contributed by atoms with van der Waals surface area (Å²) < 4.78 is 1.25. The maximum absolute atomic E-state index is 3.65. The standard InChI is InChI=1S/C11H16BrNS/c1-3-9-8(6-7(2)13-9)10-4-5-11(12)14-10/h4-5,7-9,13H,3,6H2,1-2H3. The van der Waals surface area contributed by atoms with Gasteiger partial charge in [0, 0.05) is 22.9 Å². The van der Waals surface area contributed by atoms with Crippen LogP contribution in [0.4, 0.5) is 0 Å². The first-order valence-electron chi connectivity index (χ1n) is 5.22. The van der Waals surface area contributed by atoms with E-state index < -0.39 is 0 Å². The zero-order valence-electron chi connectivity index (χ0n) is 8.59. The summed E-state index contributed by atoms with van der Waals surface area (Å²) in [5.74, 6) is 0.728. The largest absolute Gasteiger partial charge is 0.311 e. The highest BCUT2D eigenvalue weighted by molar-refractivity contribution is 9.11. The smallest absolute Gasteiger partial charge is 0.0701 e. The molecule has 1 N–H and O–H groups in total. The van der Waals surface area contributed by atoms with Crippen LogP contribution in [-0.4, -0.2) is 12.1 Å². The van der Waals surface area contributed by atoms with E-state index in [1.54, 1.807) is 0 Å². The van der Waals surface area contributed by atoms with Crippen molar-refractivity contribution in [2.45, 2.75) is 44.7 Å². The predicted octanol–water partition coefficient (Wildman–Crippen LogP) is 3.75. The van der Waals surface area contributed by atoms with Crippen molar-refractivity contribution in [1.29, 1.82) is 0 Å². The Labute approximate surface area is 98.0 Å². The Morgan fingerprint density at radius 2 is 2.36 bits per heavy atom. The third kappa shape index (κ3) is 2.05. The maximum Gasteiger partial charge on any atom is 0.0701 e. The fraction of sp³-hybridized carbons (Fsp3) is 0.636. The third-order valence-corrected chi connectivity index (χ3v) is 4.75. The molecule has 0 spiro atoms. The summed E-state index contributed by atoms with van der Waals surface area (Å²) in [5.41, 5.74) is 0. The van der Waals surface area contributed by atoms with Crippen molar-refractivity contribution in [3.63, 3.8) is 0 Å². The molecule has 1 aliphatic rings. The average molecular weight is 274 g/mol. The molecule has 3 heteroatoms. The molecule has 14 heavy (non-hydrogen) atoms. The molecular weight excluding hydrogens is 258 g/mol. The Bertz CT molecular complexity index is 310. The molecule has 0 bridgehead atoms. The minimum absolute atomic E-state index is 0.672. The van der Waals surface area contributed by atoms with Gasteiger partial charge in [-0.05, 0) is 47.8 Å². The Morgan fingerprint density at radius 3 is 2.93 bits per heavy atom. The number of nitrogens with one attached hydrogen (secondary N) is 1. The second-order valence-electron chi connectivity index (χ2n) is 4.07. The van der Waals surface area contributed by atoms with Crippen molar-refractivity contribution >= 4 is 27.3 Å². The van der Waals surface area contributed by atoms with Crippen LogP contribution >= 0.6 is 27.3 Å². The summed E-state index contributed by atoms with van der Waals surface area (Å²) in [7, 11) is 0. The quantitative estimate of drug-likeness (QED) is 0.866. The Balaban J connectivity index is 2.17. The van der Waals surface area contributed by atoms with E-state index in [2.05, 4.69) is 47.2 Å². The summed E-state index contributed by atoms with van der Waals surface area (Å²) in [6.07, 6.45) is 2.51. The number of thiophene rings is 1. The normalized spacial score (nSPS) is 32.4. The summed E-state index contributed by atoms with van der Waals surface area (Å²) >= 11 is 5.42. The number of halogens is 1. The van der Waals surface area contributed by atoms with Crippen molar-refractivity contribution in [3.8, 4) is 0 Å². The van der Waals surface area contributed by atoms with Crippen molar-refractivity contribution < 1.29 is 0 Å². The zero-order valence-corrected chi connectivity index (χ0v) is 11.0. The lowest BCUT2D eigenvalue weighted by molar-refractivity contribution is 0.521. The Kier molecular flexibility index (Phi) is 3.30. The molecule has 0 radical (unpaired) electrons. The van der Waals surface area contributed by atoms with Crippen molar-refractivity contribution in [2.75, 3.05) is 0 Å². The first-order valence-corrected chi connectivity index (χ1v) is 6.83. The van der Waals surface area contributed by atoms with Crippen molar-refractivity contribution in [3.05, 3.63) is 20.8 Å². The monoisotopic (exact) mass is 273 g/mol. The van der Waals surface area contributed by atoms with E-state index in [9.17, 15) is 0 Å². The van der Waals surface area contributed by atoms with Crippen LogP contribution in [0.1, 0.15) is 37.5 Å². The van der Waals surface area contributed by atoms with Crippen LogP contribution < -0.4 is 5.32 Å². The third-order valence-electron chi connectivity index (χ3n) is 2.99. The van der Waals surface area contributed by atoms with E-state index in [1.807, 2.05) is 11.3 Å². The molecule has 0 aliphatic carbocycles. The lowest BCUT2D eigenvalue weighted by atomic mass is 9.96. The molecule has 2 heterocycles. The second kappa shape index (κ2) is 4.33. The summed E-state index contributed by atoms with van der Waals surface area (Å²) in [6, 6.07) is 5.78. The number of rotatable bonds is 2. The summed E-state index contributed by atoms with van der Waals surface area (Å²) in [4.78, 5) is 1.53. The van der Waals surface area contributed by atoms with E-state index in [4.69, 9.17) is 0 Å². The molecule has 0 aromatic carbocycles. The van der Waals surface area contributed by atoms with Crippen molar-refractivity contribution in [1.82, 2.24) is 5.32 Å². The highest BCUT2D eigenvalue weighted by Crippen LogP contribution is 2.37. The van der Waals surface area contributed by atoms with Gasteiger partial charge in [-0.15, -0.1) is 11.3 Å². The lowest BCUT2D eigenvalue weighted by Crippen LogP contribution is -2.28. The molecule has 1 aromatic rings. The topological polar surface area (TPSA) is 12.0 Å². The number of hydrogen-bond acceptors (Lipinski definition) is 2. The van der Waals surface area contributed by atoms with Gasteiger partial charge in [0.1, 0.15) is 0 Å². The molecule has 2 rings (SSSR count). The van der Waals surface area contributed by atoms with Crippen LogP contribution in [0.5, 0.6) is 0 Å². The molecule has 1 aliphatic heterocycles. The molecule has 1 fully saturated rings. The van der Waals surface area contributed by atoms with Gasteiger partial charge >= 0.3 is 0 Å². The fourth-order valence-electron chi connectivity index (χ4n) is 2.34. The molecular formula is C11H16BrNS. The van der Waals surface area contributed by atoms with Gasteiger partial charge in [-0.2, -0.15) is 0 Å². The van der Waals surface area contributed by atoms with Crippen LogP contribution in [0.25, 0.3) is 0 Å². The van der Waals surface area contributed by atoms with Crippen LogP contribution in [0.3, 0.4) is 0 Å². The highest BCUT2D eigenvalue weighted by atomic mass is 79.9. The average Bonchev–Trinajstić information content (AvgIpc) is 2.71. The van der Waals surface area contributed by atoms with Crippen LogP contribution in [-0.2, 0) is 0 Å². The van der Waals surface area contributed by atoms with Gasteiger partial charge in [-0.3, -0.25) is 0 Å². The Hall–Kier alpha value is 0.140. The van der Waals surface area contributed by atoms with Gasteiger partial charge in [0.2, 0.25) is 0 Å². The van der Waals surface area contributed by atoms with Crippen LogP contribution in [0.15, 0.2) is 15.9 Å². The van der Waals surface area contributed by atoms with Crippen LogP contribution in [0, 0.1) is 0 Å². The van der Waals surface area contributed by atoms with E-state index in [1.165, 1.54) is 21.5 Å². The lowest BCUT2D eigenvalue weighted by Gasteiger charge is -2.15. The second-order valence-corrected chi connectivity index (χ2v) is 6.56. The van der Waals surface area contributed by atoms with Gasteiger partial charge in [0.05, 0.1) is 3.79 Å². The van der Waals surface area contributed by atoms with Gasteiger partial charge in [0.25, 0.3) is 0 Å². The zero-order chi connectivity index (χ0) is 10.1. The van der Waals surface area contributed by atoms with E-state index >= 15 is 0 Å². The molecule has 78 valence electrons. The first-order chi connectivity index (χ1) is 6.70. The minimum atomic E-state index is 0.672. The summed E-state index contributed by atoms with van der Waals surface area (Å²) in [5, 5.41) is 3.65. The predicted molar refractivity (Wildman–Crippen MR) is 66.1 cm³/mol. The van der Waals surface area contributed by atoms with Gasteiger partial charge < -0.3 is 5.32 Å². The van der Waals surface area contributed by atoms with E-state index in [-0.39, 0.29) is 0 Å². The molecule has 1 saturated heterocycles. The molecule has 3 atom stereocenters. The number of hydrogen-bond donors (Lipinski definition) is 1. The van der Waals surface area contributed by atoms with Gasteiger partial charge in [-0.1, -0.05) is 6.92 Å². The SMILES string of the molecule is CCC1NC(C)CC1c1ccc(Br)s1. The molecule has 0 amide bonds. The minimum Gasteiger partial charge on any atom is -0.311 e. The first kappa shape index (κ1) is 10.7.